The van der Waals surface area contributed by atoms with Crippen molar-refractivity contribution in [2.75, 3.05) is 0 Å². The van der Waals surface area contributed by atoms with E-state index in [9.17, 15) is 4.79 Å². The van der Waals surface area contributed by atoms with E-state index < -0.39 is 11.2 Å². The van der Waals surface area contributed by atoms with Crippen molar-refractivity contribution in [1.29, 1.82) is 0 Å². The number of ether oxygens (including phenoxy) is 1. The third-order valence-electron chi connectivity index (χ3n) is 5.28. The van der Waals surface area contributed by atoms with Gasteiger partial charge in [-0.3, -0.25) is 4.79 Å². The van der Waals surface area contributed by atoms with Crippen LogP contribution in [0.5, 0.6) is 0 Å². The first kappa shape index (κ1) is 11.7. The zero-order valence-electron chi connectivity index (χ0n) is 11.4. The molecule has 2 aliphatic carbocycles. The molecule has 2 fully saturated rings. The highest BCUT2D eigenvalue weighted by Crippen LogP contribution is 2.56. The van der Waals surface area contributed by atoms with Gasteiger partial charge in [0.15, 0.2) is 0 Å². The van der Waals surface area contributed by atoms with Crippen LogP contribution >= 0.6 is 0 Å². The highest BCUT2D eigenvalue weighted by Gasteiger charge is 2.62. The zero-order chi connectivity index (χ0) is 13.4. The van der Waals surface area contributed by atoms with E-state index in [2.05, 4.69) is 25.2 Å². The number of hydrogen-bond donors (Lipinski definition) is 0. The van der Waals surface area contributed by atoms with Gasteiger partial charge in [-0.25, -0.2) is 9.78 Å². The molecule has 0 spiro atoms. The first-order valence-electron chi connectivity index (χ1n) is 6.97. The number of fused-ring (bicyclic) bond motifs is 1. The number of hydrogen-bond acceptors (Lipinski definition) is 4. The molecule has 4 rings (SSSR count). The van der Waals surface area contributed by atoms with Gasteiger partial charge in [-0.2, -0.15) is 0 Å². The summed E-state index contributed by atoms with van der Waals surface area (Å²) in [5, 5.41) is 0. The summed E-state index contributed by atoms with van der Waals surface area (Å²) < 4.78 is 5.53. The molecule has 102 valence electrons. The van der Waals surface area contributed by atoms with Gasteiger partial charge in [-0.1, -0.05) is 19.9 Å². The van der Waals surface area contributed by atoms with E-state index in [0.717, 1.165) is 12.0 Å². The molecule has 0 aromatic carbocycles. The van der Waals surface area contributed by atoms with Crippen LogP contribution < -0.4 is 0 Å². The van der Waals surface area contributed by atoms with Crippen molar-refractivity contribution in [3.8, 4) is 0 Å². The van der Waals surface area contributed by atoms with E-state index in [-0.39, 0.29) is 29.8 Å². The first-order valence-corrected chi connectivity index (χ1v) is 6.97. The second-order valence-corrected chi connectivity index (χ2v) is 6.46. The Morgan fingerprint density at radius 2 is 2.05 bits per heavy atom. The SMILES string of the molecule is C[C@@H]1C[C@H]2OC(=O)[C@H](C)[C@H]2C=C2[C@]3(C)C=C[C@@]21OO3. The van der Waals surface area contributed by atoms with Crippen LogP contribution in [0.3, 0.4) is 0 Å². The second-order valence-electron chi connectivity index (χ2n) is 6.46. The predicted octanol–water partition coefficient (Wildman–Crippen LogP) is 2.16. The lowest BCUT2D eigenvalue weighted by atomic mass is 9.81. The lowest BCUT2D eigenvalue weighted by molar-refractivity contribution is -0.344. The largest absolute Gasteiger partial charge is 0.461 e. The highest BCUT2D eigenvalue weighted by molar-refractivity contribution is 5.75. The minimum atomic E-state index is -0.478. The maximum atomic E-state index is 11.8. The second kappa shape index (κ2) is 3.30. The predicted molar refractivity (Wildman–Crippen MR) is 66.8 cm³/mol. The fraction of sp³-hybridized carbons (Fsp3) is 0.667. The molecule has 2 aliphatic heterocycles. The molecular weight excluding hydrogens is 244 g/mol. The van der Waals surface area contributed by atoms with Gasteiger partial charge in [0.2, 0.25) is 0 Å². The van der Waals surface area contributed by atoms with Gasteiger partial charge >= 0.3 is 5.97 Å². The Labute approximate surface area is 112 Å². The van der Waals surface area contributed by atoms with E-state index in [1.54, 1.807) is 0 Å². The monoisotopic (exact) mass is 262 g/mol. The number of rotatable bonds is 0. The van der Waals surface area contributed by atoms with Crippen LogP contribution in [0.25, 0.3) is 0 Å². The summed E-state index contributed by atoms with van der Waals surface area (Å²) in [6, 6.07) is 0. The Hall–Kier alpha value is -1.13. The van der Waals surface area contributed by atoms with Gasteiger partial charge in [0.25, 0.3) is 0 Å². The van der Waals surface area contributed by atoms with Crippen LogP contribution in [0, 0.1) is 17.8 Å². The summed E-state index contributed by atoms with van der Waals surface area (Å²) in [5.74, 6) is 0.201. The van der Waals surface area contributed by atoms with Crippen molar-refractivity contribution in [1.82, 2.24) is 0 Å². The lowest BCUT2D eigenvalue weighted by Crippen LogP contribution is -2.35. The molecule has 2 bridgehead atoms. The Bertz CT molecular complexity index is 522. The van der Waals surface area contributed by atoms with E-state index in [1.165, 1.54) is 0 Å². The van der Waals surface area contributed by atoms with E-state index in [4.69, 9.17) is 14.5 Å². The fourth-order valence-corrected chi connectivity index (χ4v) is 3.95. The Morgan fingerprint density at radius 1 is 1.26 bits per heavy atom. The van der Waals surface area contributed by atoms with Gasteiger partial charge in [-0.05, 0) is 31.4 Å². The molecule has 0 saturated carbocycles. The van der Waals surface area contributed by atoms with Crippen molar-refractivity contribution in [2.24, 2.45) is 17.8 Å². The van der Waals surface area contributed by atoms with Crippen molar-refractivity contribution >= 4 is 5.97 Å². The normalized spacial score (nSPS) is 54.5. The van der Waals surface area contributed by atoms with Gasteiger partial charge in [-0.15, -0.1) is 0 Å². The molecule has 0 aromatic heterocycles. The fourth-order valence-electron chi connectivity index (χ4n) is 3.95. The third-order valence-corrected chi connectivity index (χ3v) is 5.28. The maximum Gasteiger partial charge on any atom is 0.309 e. The van der Waals surface area contributed by atoms with Gasteiger partial charge in [0.1, 0.15) is 17.3 Å². The molecule has 6 atom stereocenters. The molecule has 4 aliphatic rings. The van der Waals surface area contributed by atoms with E-state index in [1.807, 2.05) is 13.8 Å². The average Bonchev–Trinajstić information content (AvgIpc) is 2.88. The molecular formula is C15H18O4. The molecule has 4 nitrogen and oxygen atoms in total. The van der Waals surface area contributed by atoms with Crippen LogP contribution in [0.15, 0.2) is 23.8 Å². The van der Waals surface area contributed by atoms with Crippen molar-refractivity contribution in [3.63, 3.8) is 0 Å². The summed E-state index contributed by atoms with van der Waals surface area (Å²) in [5.41, 5.74) is 0.213. The molecule has 0 N–H and O–H groups in total. The lowest BCUT2D eigenvalue weighted by Gasteiger charge is -2.29. The molecule has 0 radical (unpaired) electrons. The molecule has 0 aromatic rings. The third kappa shape index (κ3) is 1.24. The van der Waals surface area contributed by atoms with Gasteiger partial charge in [0, 0.05) is 11.5 Å². The highest BCUT2D eigenvalue weighted by atomic mass is 17.2. The van der Waals surface area contributed by atoms with Gasteiger partial charge in [0.05, 0.1) is 5.92 Å². The van der Waals surface area contributed by atoms with Gasteiger partial charge < -0.3 is 4.74 Å². The molecule has 0 amide bonds. The number of carbonyl (C=O) groups excluding carboxylic acids is 1. The molecule has 2 saturated heterocycles. The van der Waals surface area contributed by atoms with Crippen molar-refractivity contribution in [2.45, 2.75) is 44.5 Å². The summed E-state index contributed by atoms with van der Waals surface area (Å²) in [6.45, 7) is 6.10. The number of esters is 1. The maximum absolute atomic E-state index is 11.8. The zero-order valence-corrected chi connectivity index (χ0v) is 11.4. The van der Waals surface area contributed by atoms with E-state index >= 15 is 0 Å². The summed E-state index contributed by atoms with van der Waals surface area (Å²) in [4.78, 5) is 23.0. The molecule has 19 heavy (non-hydrogen) atoms. The first-order chi connectivity index (χ1) is 8.96. The Balaban J connectivity index is 1.85. The van der Waals surface area contributed by atoms with Crippen molar-refractivity contribution in [3.05, 3.63) is 23.8 Å². The standard InChI is InChI=1S/C15H18O4/c1-8-6-11-10(9(2)13(16)17-11)7-12-14(3)4-5-15(8,12)19-18-14/h4-5,7-11H,6H2,1-3H3/t8-,9-,10-,11-,14+,15+/m1/s1. The van der Waals surface area contributed by atoms with Crippen LogP contribution in [0.2, 0.25) is 0 Å². The van der Waals surface area contributed by atoms with Crippen molar-refractivity contribution < 1.29 is 19.3 Å². The molecule has 2 heterocycles. The summed E-state index contributed by atoms with van der Waals surface area (Å²) in [6.07, 6.45) is 7.15. The van der Waals surface area contributed by atoms with E-state index in [0.29, 0.717) is 0 Å². The Kier molecular flexibility index (Phi) is 2.03. The smallest absolute Gasteiger partial charge is 0.309 e. The van der Waals surface area contributed by atoms with Crippen LogP contribution in [0.1, 0.15) is 27.2 Å². The molecule has 0 unspecified atom stereocenters. The number of carbonyl (C=O) groups is 1. The minimum absolute atomic E-state index is 0.0215. The van der Waals surface area contributed by atoms with Crippen LogP contribution in [0.4, 0.5) is 0 Å². The summed E-state index contributed by atoms with van der Waals surface area (Å²) in [7, 11) is 0. The topological polar surface area (TPSA) is 44.8 Å². The summed E-state index contributed by atoms with van der Waals surface area (Å²) >= 11 is 0. The average molecular weight is 262 g/mol. The van der Waals surface area contributed by atoms with Crippen LogP contribution in [-0.4, -0.2) is 23.3 Å². The minimum Gasteiger partial charge on any atom is -0.461 e. The molecule has 4 heteroatoms. The quantitative estimate of drug-likeness (QED) is 0.381. The Morgan fingerprint density at radius 3 is 2.74 bits per heavy atom. The van der Waals surface area contributed by atoms with Crippen LogP contribution in [-0.2, 0) is 19.3 Å².